The van der Waals surface area contributed by atoms with Crippen molar-refractivity contribution in [3.8, 4) is 33.4 Å². The van der Waals surface area contributed by atoms with Crippen LogP contribution in [-0.2, 0) is 0 Å². The van der Waals surface area contributed by atoms with Crippen molar-refractivity contribution >= 4 is 70.1 Å². The Bertz CT molecular complexity index is 2880. The molecule has 0 unspecified atom stereocenters. The zero-order valence-corrected chi connectivity index (χ0v) is 29.2. The third-order valence-corrected chi connectivity index (χ3v) is 11.5. The quantitative estimate of drug-likeness (QED) is 0.169. The van der Waals surface area contributed by atoms with E-state index in [1.54, 1.807) is 0 Å². The van der Waals surface area contributed by atoms with E-state index in [0.29, 0.717) is 0 Å². The van der Waals surface area contributed by atoms with Crippen LogP contribution in [0.1, 0.15) is 0 Å². The molecule has 1 aromatic heterocycles. The van der Waals surface area contributed by atoms with Gasteiger partial charge in [0.05, 0.1) is 10.4 Å². The van der Waals surface area contributed by atoms with E-state index in [2.05, 4.69) is 205 Å². The van der Waals surface area contributed by atoms with Gasteiger partial charge >= 0.3 is 0 Å². The van der Waals surface area contributed by atoms with E-state index in [-0.39, 0.29) is 0 Å². The van der Waals surface area contributed by atoms with Gasteiger partial charge in [0.15, 0.2) is 0 Å². The summed E-state index contributed by atoms with van der Waals surface area (Å²) in [6.07, 6.45) is 0. The number of rotatable bonds is 6. The van der Waals surface area contributed by atoms with Gasteiger partial charge in [0.25, 0.3) is 0 Å². The molecule has 1 nitrogen and oxygen atoms in total. The standard InChI is InChI=1S/C50H33NS/c1-2-14-38(15-3-1)49-43-18-7-5-13-35(43)28-33-44(49)37-26-31-40(32-27-37)51(47-22-11-21-46-45-19-8-9-23-48(45)52-50(46)47)39-29-24-36(25-30-39)42-20-10-16-34-12-4-6-17-41(34)42/h1-33H. The molecule has 9 aromatic carbocycles. The molecule has 0 N–H and O–H groups in total. The van der Waals surface area contributed by atoms with Crippen LogP contribution in [0.3, 0.4) is 0 Å². The Morgan fingerprint density at radius 1 is 0.327 bits per heavy atom. The lowest BCUT2D eigenvalue weighted by Crippen LogP contribution is -2.10. The molecule has 0 atom stereocenters. The van der Waals surface area contributed by atoms with E-state index in [4.69, 9.17) is 0 Å². The molecule has 52 heavy (non-hydrogen) atoms. The first kappa shape index (κ1) is 30.4. The summed E-state index contributed by atoms with van der Waals surface area (Å²) in [5, 5.41) is 7.62. The SMILES string of the molecule is c1ccc(-c2c(-c3ccc(N(c4ccc(-c5cccc6ccccc56)cc4)c4cccc5c4sc4ccccc45)cc3)ccc3ccccc23)cc1. The third-order valence-electron chi connectivity index (χ3n) is 10.3. The highest BCUT2D eigenvalue weighted by Crippen LogP contribution is 2.46. The van der Waals surface area contributed by atoms with E-state index in [1.807, 2.05) is 11.3 Å². The van der Waals surface area contributed by atoms with Gasteiger partial charge in [-0.25, -0.2) is 0 Å². The summed E-state index contributed by atoms with van der Waals surface area (Å²) < 4.78 is 2.59. The molecular weight excluding hydrogens is 647 g/mol. The van der Waals surface area contributed by atoms with Crippen LogP contribution in [0.5, 0.6) is 0 Å². The number of fused-ring (bicyclic) bond motifs is 5. The summed E-state index contributed by atoms with van der Waals surface area (Å²) >= 11 is 1.87. The molecule has 0 aliphatic heterocycles. The van der Waals surface area contributed by atoms with Gasteiger partial charge in [0.2, 0.25) is 0 Å². The molecule has 0 aliphatic rings. The molecule has 0 bridgehead atoms. The minimum atomic E-state index is 1.12. The predicted molar refractivity (Wildman–Crippen MR) is 225 cm³/mol. The lowest BCUT2D eigenvalue weighted by Gasteiger charge is -2.27. The first-order valence-corrected chi connectivity index (χ1v) is 18.6. The largest absolute Gasteiger partial charge is 0.309 e. The molecule has 0 spiro atoms. The van der Waals surface area contributed by atoms with Gasteiger partial charge in [-0.05, 0) is 91.3 Å². The predicted octanol–water partition coefficient (Wildman–Crippen LogP) is 14.8. The Balaban J connectivity index is 1.13. The van der Waals surface area contributed by atoms with Crippen LogP contribution >= 0.6 is 11.3 Å². The maximum absolute atomic E-state index is 2.42. The van der Waals surface area contributed by atoms with Crippen LogP contribution in [0.2, 0.25) is 0 Å². The number of hydrogen-bond donors (Lipinski definition) is 0. The average molecular weight is 680 g/mol. The number of nitrogens with zero attached hydrogens (tertiary/aromatic N) is 1. The molecular formula is C50H33NS. The van der Waals surface area contributed by atoms with Crippen molar-refractivity contribution in [3.05, 3.63) is 200 Å². The van der Waals surface area contributed by atoms with Crippen molar-refractivity contribution in [3.63, 3.8) is 0 Å². The number of thiophene rings is 1. The normalized spacial score (nSPS) is 11.5. The fourth-order valence-corrected chi connectivity index (χ4v) is 9.03. The second-order valence-electron chi connectivity index (χ2n) is 13.3. The molecule has 2 heteroatoms. The van der Waals surface area contributed by atoms with Crippen LogP contribution < -0.4 is 4.90 Å². The highest BCUT2D eigenvalue weighted by Gasteiger charge is 2.19. The molecule has 244 valence electrons. The van der Waals surface area contributed by atoms with E-state index in [9.17, 15) is 0 Å². The summed E-state index contributed by atoms with van der Waals surface area (Å²) in [5.41, 5.74) is 10.8. The number of anilines is 3. The van der Waals surface area contributed by atoms with Crippen LogP contribution in [0, 0.1) is 0 Å². The van der Waals surface area contributed by atoms with Crippen molar-refractivity contribution in [1.82, 2.24) is 0 Å². The highest BCUT2D eigenvalue weighted by atomic mass is 32.1. The van der Waals surface area contributed by atoms with Crippen molar-refractivity contribution < 1.29 is 0 Å². The van der Waals surface area contributed by atoms with E-state index >= 15 is 0 Å². The van der Waals surface area contributed by atoms with E-state index in [1.165, 1.54) is 80.8 Å². The fourth-order valence-electron chi connectivity index (χ4n) is 7.82. The third kappa shape index (κ3) is 5.16. The van der Waals surface area contributed by atoms with Crippen LogP contribution in [0.15, 0.2) is 200 Å². The Labute approximate surface area is 307 Å². The second-order valence-corrected chi connectivity index (χ2v) is 14.3. The molecule has 10 aromatic rings. The lowest BCUT2D eigenvalue weighted by atomic mass is 9.90. The maximum Gasteiger partial charge on any atom is 0.0640 e. The summed E-state index contributed by atoms with van der Waals surface area (Å²) in [6, 6.07) is 72.9. The van der Waals surface area contributed by atoms with Crippen LogP contribution in [0.4, 0.5) is 17.1 Å². The first-order chi connectivity index (χ1) is 25.8. The molecule has 0 saturated heterocycles. The van der Waals surface area contributed by atoms with Crippen molar-refractivity contribution in [2.24, 2.45) is 0 Å². The summed E-state index contributed by atoms with van der Waals surface area (Å²) in [5.74, 6) is 0. The maximum atomic E-state index is 2.42. The van der Waals surface area contributed by atoms with Gasteiger partial charge in [0, 0.05) is 26.8 Å². The fraction of sp³-hybridized carbons (Fsp3) is 0. The van der Waals surface area contributed by atoms with Gasteiger partial charge in [0.1, 0.15) is 0 Å². The summed E-state index contributed by atoms with van der Waals surface area (Å²) in [6.45, 7) is 0. The minimum absolute atomic E-state index is 1.12. The van der Waals surface area contributed by atoms with Crippen molar-refractivity contribution in [1.29, 1.82) is 0 Å². The van der Waals surface area contributed by atoms with Gasteiger partial charge in [-0.15, -0.1) is 11.3 Å². The van der Waals surface area contributed by atoms with Gasteiger partial charge in [-0.1, -0.05) is 164 Å². The van der Waals surface area contributed by atoms with Crippen LogP contribution in [0.25, 0.3) is 75.1 Å². The van der Waals surface area contributed by atoms with Gasteiger partial charge in [-0.2, -0.15) is 0 Å². The molecule has 1 heterocycles. The van der Waals surface area contributed by atoms with Crippen molar-refractivity contribution in [2.45, 2.75) is 0 Å². The molecule has 0 aliphatic carbocycles. The van der Waals surface area contributed by atoms with Crippen LogP contribution in [-0.4, -0.2) is 0 Å². The lowest BCUT2D eigenvalue weighted by molar-refractivity contribution is 1.30. The Kier molecular flexibility index (Phi) is 7.41. The molecule has 10 rings (SSSR count). The molecule has 0 fully saturated rings. The Morgan fingerprint density at radius 3 is 1.63 bits per heavy atom. The summed E-state index contributed by atoms with van der Waals surface area (Å²) in [7, 11) is 0. The first-order valence-electron chi connectivity index (χ1n) is 17.8. The zero-order chi connectivity index (χ0) is 34.4. The van der Waals surface area contributed by atoms with E-state index in [0.717, 1.165) is 11.4 Å². The molecule has 0 amide bonds. The van der Waals surface area contributed by atoms with Crippen molar-refractivity contribution in [2.75, 3.05) is 4.90 Å². The number of hydrogen-bond acceptors (Lipinski definition) is 2. The molecule has 0 radical (unpaired) electrons. The second kappa shape index (κ2) is 12.7. The average Bonchev–Trinajstić information content (AvgIpc) is 3.61. The van der Waals surface area contributed by atoms with Gasteiger partial charge in [-0.3, -0.25) is 0 Å². The highest BCUT2D eigenvalue weighted by molar-refractivity contribution is 7.26. The monoisotopic (exact) mass is 679 g/mol. The topological polar surface area (TPSA) is 3.24 Å². The smallest absolute Gasteiger partial charge is 0.0640 e. The Hall–Kier alpha value is -6.48. The van der Waals surface area contributed by atoms with E-state index < -0.39 is 0 Å². The summed E-state index contributed by atoms with van der Waals surface area (Å²) in [4.78, 5) is 2.42. The number of benzene rings is 9. The minimum Gasteiger partial charge on any atom is -0.309 e. The Morgan fingerprint density at radius 2 is 0.885 bits per heavy atom. The molecule has 0 saturated carbocycles. The zero-order valence-electron chi connectivity index (χ0n) is 28.4. The van der Waals surface area contributed by atoms with Gasteiger partial charge < -0.3 is 4.90 Å².